The van der Waals surface area contributed by atoms with Crippen LogP contribution in [0.4, 0.5) is 0 Å². The van der Waals surface area contributed by atoms with Crippen LogP contribution < -0.4 is 0 Å². The third-order valence-electron chi connectivity index (χ3n) is 7.31. The van der Waals surface area contributed by atoms with Gasteiger partial charge in [-0.2, -0.15) is 0 Å². The number of furan rings is 1. The lowest BCUT2D eigenvalue weighted by atomic mass is 9.81. The topological polar surface area (TPSA) is 13.1 Å². The van der Waals surface area contributed by atoms with Crippen molar-refractivity contribution in [2.24, 2.45) is 0 Å². The fraction of sp³-hybridized carbons (Fsp3) is 0.0968. The maximum Gasteiger partial charge on any atom is 0.154 e. The van der Waals surface area contributed by atoms with Crippen LogP contribution in [0.3, 0.4) is 0 Å². The van der Waals surface area contributed by atoms with E-state index in [-0.39, 0.29) is 5.41 Å². The van der Waals surface area contributed by atoms with Crippen LogP contribution in [0.2, 0.25) is 5.02 Å². The van der Waals surface area contributed by atoms with Gasteiger partial charge in [0.15, 0.2) is 5.58 Å². The monoisotopic (exact) mass is 444 g/mol. The smallest absolute Gasteiger partial charge is 0.154 e. The Kier molecular flexibility index (Phi) is 3.73. The van der Waals surface area contributed by atoms with Crippen LogP contribution in [0.5, 0.6) is 0 Å². The van der Waals surface area contributed by atoms with E-state index >= 15 is 0 Å². The molecule has 5 aromatic carbocycles. The molecule has 0 bridgehead atoms. The Morgan fingerprint density at radius 2 is 1.36 bits per heavy atom. The highest BCUT2D eigenvalue weighted by Crippen LogP contribution is 2.50. The fourth-order valence-corrected chi connectivity index (χ4v) is 5.83. The van der Waals surface area contributed by atoms with E-state index < -0.39 is 0 Å². The highest BCUT2D eigenvalue weighted by atomic mass is 35.5. The summed E-state index contributed by atoms with van der Waals surface area (Å²) < 4.78 is 6.20. The summed E-state index contributed by atoms with van der Waals surface area (Å²) in [7, 11) is 0. The number of rotatable bonds is 1. The maximum absolute atomic E-state index is 6.77. The molecule has 0 radical (unpaired) electrons. The minimum atomic E-state index is -0.0307. The zero-order valence-electron chi connectivity index (χ0n) is 18.4. The normalized spacial score (nSPS) is 14.2. The molecule has 0 saturated heterocycles. The van der Waals surface area contributed by atoms with E-state index in [9.17, 15) is 0 Å². The number of hydrogen-bond acceptors (Lipinski definition) is 1. The van der Waals surface area contributed by atoms with Gasteiger partial charge in [0.05, 0.1) is 5.02 Å². The fourth-order valence-electron chi connectivity index (χ4n) is 5.57. The molecule has 0 N–H and O–H groups in total. The largest absolute Gasteiger partial charge is 0.454 e. The first kappa shape index (κ1) is 19.0. The van der Waals surface area contributed by atoms with Crippen molar-refractivity contribution >= 4 is 44.3 Å². The molecule has 0 unspecified atom stereocenters. The minimum absolute atomic E-state index is 0.0307. The summed E-state index contributed by atoms with van der Waals surface area (Å²) in [6.45, 7) is 4.62. The molecule has 0 spiro atoms. The summed E-state index contributed by atoms with van der Waals surface area (Å²) in [5, 5.41) is 5.17. The standard InChI is InChI=1S/C31H21ClO/c1-31(2)26-10-6-5-9-22(26)23-12-11-20(15-27(23)31)21-14-25-24-13-18-7-3-4-8-19(18)17-29(24)33-30(25)28(32)16-21/h3-17H,1-2H3. The molecule has 1 aliphatic rings. The van der Waals surface area contributed by atoms with Gasteiger partial charge in [-0.25, -0.2) is 0 Å². The molecule has 0 amide bonds. The summed E-state index contributed by atoms with van der Waals surface area (Å²) >= 11 is 6.77. The third kappa shape index (κ3) is 2.60. The SMILES string of the molecule is CC1(C)c2ccccc2-c2ccc(-c3cc(Cl)c4oc5cc6ccccc6cc5c4c3)cc21. The van der Waals surface area contributed by atoms with Crippen LogP contribution in [0.25, 0.3) is 55.0 Å². The van der Waals surface area contributed by atoms with Crippen molar-refractivity contribution in [1.82, 2.24) is 0 Å². The van der Waals surface area contributed by atoms with Crippen molar-refractivity contribution in [3.8, 4) is 22.3 Å². The van der Waals surface area contributed by atoms with Gasteiger partial charge >= 0.3 is 0 Å². The van der Waals surface area contributed by atoms with Crippen molar-refractivity contribution in [3.05, 3.63) is 107 Å². The van der Waals surface area contributed by atoms with Gasteiger partial charge in [0.1, 0.15) is 5.58 Å². The Balaban J connectivity index is 1.45. The molecule has 7 rings (SSSR count). The van der Waals surface area contributed by atoms with Crippen molar-refractivity contribution in [2.45, 2.75) is 19.3 Å². The summed E-state index contributed by atoms with van der Waals surface area (Å²) in [6.07, 6.45) is 0. The number of benzene rings is 5. The van der Waals surface area contributed by atoms with Crippen molar-refractivity contribution in [3.63, 3.8) is 0 Å². The van der Waals surface area contributed by atoms with Crippen molar-refractivity contribution in [1.29, 1.82) is 0 Å². The maximum atomic E-state index is 6.77. The molecule has 1 heterocycles. The molecule has 1 nitrogen and oxygen atoms in total. The van der Waals surface area contributed by atoms with E-state index in [1.165, 1.54) is 38.6 Å². The Morgan fingerprint density at radius 3 is 2.21 bits per heavy atom. The van der Waals surface area contributed by atoms with Crippen LogP contribution in [0.15, 0.2) is 95.4 Å². The summed E-state index contributed by atoms with van der Waals surface area (Å²) in [5.74, 6) is 0. The molecule has 1 aliphatic carbocycles. The zero-order valence-corrected chi connectivity index (χ0v) is 19.2. The van der Waals surface area contributed by atoms with Gasteiger partial charge in [-0.1, -0.05) is 86.1 Å². The Bertz CT molecular complexity index is 1750. The molecule has 6 aromatic rings. The highest BCUT2D eigenvalue weighted by molar-refractivity contribution is 6.36. The Hall–Kier alpha value is -3.55. The van der Waals surface area contributed by atoms with Crippen LogP contribution in [-0.4, -0.2) is 0 Å². The molecular weight excluding hydrogens is 424 g/mol. The Labute approximate surface area is 197 Å². The van der Waals surface area contributed by atoms with Gasteiger partial charge in [0.25, 0.3) is 0 Å². The zero-order chi connectivity index (χ0) is 22.3. The van der Waals surface area contributed by atoms with E-state index in [0.717, 1.165) is 27.5 Å². The van der Waals surface area contributed by atoms with Gasteiger partial charge in [-0.3, -0.25) is 0 Å². The number of halogens is 1. The minimum Gasteiger partial charge on any atom is -0.454 e. The first-order valence-corrected chi connectivity index (χ1v) is 11.7. The second-order valence-electron chi connectivity index (χ2n) is 9.56. The van der Waals surface area contributed by atoms with Crippen LogP contribution in [0, 0.1) is 0 Å². The lowest BCUT2D eigenvalue weighted by molar-refractivity contribution is 0.660. The Morgan fingerprint density at radius 1 is 0.636 bits per heavy atom. The van der Waals surface area contributed by atoms with E-state index in [0.29, 0.717) is 5.02 Å². The lowest BCUT2D eigenvalue weighted by Gasteiger charge is -2.22. The van der Waals surface area contributed by atoms with Crippen molar-refractivity contribution in [2.75, 3.05) is 0 Å². The molecular formula is C31H21ClO. The molecule has 0 aliphatic heterocycles. The van der Waals surface area contributed by atoms with E-state index in [2.05, 4.69) is 98.8 Å². The molecule has 33 heavy (non-hydrogen) atoms. The van der Waals surface area contributed by atoms with Gasteiger partial charge in [-0.15, -0.1) is 0 Å². The molecule has 0 fully saturated rings. The van der Waals surface area contributed by atoms with Crippen molar-refractivity contribution < 1.29 is 4.42 Å². The predicted octanol–water partition coefficient (Wildman–Crippen LogP) is 9.37. The lowest BCUT2D eigenvalue weighted by Crippen LogP contribution is -2.14. The van der Waals surface area contributed by atoms with E-state index in [1.807, 2.05) is 6.07 Å². The quantitative estimate of drug-likeness (QED) is 0.246. The summed E-state index contributed by atoms with van der Waals surface area (Å²) in [4.78, 5) is 0. The highest BCUT2D eigenvalue weighted by Gasteiger charge is 2.35. The van der Waals surface area contributed by atoms with E-state index in [4.69, 9.17) is 16.0 Å². The molecule has 2 heteroatoms. The average molecular weight is 445 g/mol. The van der Waals surface area contributed by atoms with Crippen LogP contribution in [0.1, 0.15) is 25.0 Å². The molecule has 0 saturated carbocycles. The van der Waals surface area contributed by atoms with Gasteiger partial charge in [-0.05, 0) is 74.5 Å². The molecule has 158 valence electrons. The summed E-state index contributed by atoms with van der Waals surface area (Å²) in [6, 6.07) is 32.5. The second kappa shape index (κ2) is 6.50. The van der Waals surface area contributed by atoms with Gasteiger partial charge in [0, 0.05) is 16.2 Å². The van der Waals surface area contributed by atoms with E-state index in [1.54, 1.807) is 0 Å². The average Bonchev–Trinajstić information content (AvgIpc) is 3.30. The van der Waals surface area contributed by atoms with Crippen LogP contribution >= 0.6 is 11.6 Å². The number of hydrogen-bond donors (Lipinski definition) is 0. The summed E-state index contributed by atoms with van der Waals surface area (Å²) in [5.41, 5.74) is 9.28. The van der Waals surface area contributed by atoms with Gasteiger partial charge in [0.2, 0.25) is 0 Å². The first-order valence-electron chi connectivity index (χ1n) is 11.3. The van der Waals surface area contributed by atoms with Crippen LogP contribution in [-0.2, 0) is 5.41 Å². The number of fused-ring (bicyclic) bond motifs is 7. The molecule has 1 aromatic heterocycles. The second-order valence-corrected chi connectivity index (χ2v) is 9.97. The first-order chi connectivity index (χ1) is 16.0. The van der Waals surface area contributed by atoms with Gasteiger partial charge < -0.3 is 4.42 Å². The predicted molar refractivity (Wildman–Crippen MR) is 139 cm³/mol. The molecule has 0 atom stereocenters. The third-order valence-corrected chi connectivity index (χ3v) is 7.59.